The maximum atomic E-state index is 13.0. The molecule has 13 nitrogen and oxygen atoms in total. The highest BCUT2D eigenvalue weighted by Gasteiger charge is 2.40. The van der Waals surface area contributed by atoms with Gasteiger partial charge in [0.25, 0.3) is 0 Å². The molecule has 1 saturated heterocycles. The summed E-state index contributed by atoms with van der Waals surface area (Å²) in [6, 6.07) is -4.29. The van der Waals surface area contributed by atoms with Crippen molar-refractivity contribution in [2.75, 3.05) is 25.1 Å². The van der Waals surface area contributed by atoms with Crippen LogP contribution in [0, 0.1) is 0 Å². The van der Waals surface area contributed by atoms with E-state index >= 15 is 0 Å². The fraction of sp³-hybridized carbons (Fsp3) is 0.750. The number of aliphatic hydroxyl groups is 1. The molecule has 0 bridgehead atoms. The van der Waals surface area contributed by atoms with Crippen LogP contribution in [0.5, 0.6) is 0 Å². The van der Waals surface area contributed by atoms with Gasteiger partial charge in [0.05, 0.1) is 12.1 Å². The van der Waals surface area contributed by atoms with Gasteiger partial charge in [0, 0.05) is 13.1 Å². The zero-order valence-electron chi connectivity index (χ0n) is 19.6. The fourth-order valence-corrected chi connectivity index (χ4v) is 4.03. The van der Waals surface area contributed by atoms with Gasteiger partial charge < -0.3 is 42.9 Å². The van der Waals surface area contributed by atoms with Crippen LogP contribution >= 0.6 is 11.8 Å². The number of hydrogen-bond donors (Lipinski definition) is 7. The smallest absolute Gasteiger partial charge is 0.326 e. The Balaban J connectivity index is 2.96. The molecule has 1 aliphatic rings. The Bertz CT molecular complexity index is 747. The van der Waals surface area contributed by atoms with Gasteiger partial charge in [0.2, 0.25) is 17.7 Å². The molecule has 14 heteroatoms. The largest absolute Gasteiger partial charge is 0.480 e. The van der Waals surface area contributed by atoms with E-state index in [-0.39, 0.29) is 25.5 Å². The number of thioether (sulfide) groups is 1. The lowest BCUT2D eigenvalue weighted by molar-refractivity contribution is -0.150. The summed E-state index contributed by atoms with van der Waals surface area (Å²) in [6.07, 6.45) is 2.28. The first-order chi connectivity index (χ1) is 16.0. The molecule has 1 heterocycles. The number of amides is 3. The number of carboxylic acid groups (broad SMARTS) is 1. The predicted molar refractivity (Wildman–Crippen MR) is 129 cm³/mol. The van der Waals surface area contributed by atoms with E-state index in [1.165, 1.54) is 18.7 Å². The molecule has 1 fully saturated rings. The second-order valence-corrected chi connectivity index (χ2v) is 9.14. The van der Waals surface area contributed by atoms with Gasteiger partial charge in [0.1, 0.15) is 18.1 Å². The van der Waals surface area contributed by atoms with Crippen molar-refractivity contribution in [2.45, 2.75) is 69.3 Å². The van der Waals surface area contributed by atoms with Gasteiger partial charge in [-0.05, 0) is 51.0 Å². The average molecular weight is 504 g/mol. The van der Waals surface area contributed by atoms with Crippen molar-refractivity contribution < 1.29 is 29.4 Å². The number of hydrogen-bond acceptors (Lipinski definition) is 8. The minimum absolute atomic E-state index is 0.109. The minimum Gasteiger partial charge on any atom is -0.480 e. The number of guanidine groups is 1. The van der Waals surface area contributed by atoms with Crippen LogP contribution in [0.2, 0.25) is 0 Å². The number of aliphatic carboxylic acids is 1. The van der Waals surface area contributed by atoms with Gasteiger partial charge in [-0.1, -0.05) is 0 Å². The predicted octanol–water partition coefficient (Wildman–Crippen LogP) is -2.45. The van der Waals surface area contributed by atoms with E-state index in [1.54, 1.807) is 0 Å². The van der Waals surface area contributed by atoms with Crippen molar-refractivity contribution in [3.63, 3.8) is 0 Å². The highest BCUT2D eigenvalue weighted by molar-refractivity contribution is 7.98. The Morgan fingerprint density at radius 2 is 1.85 bits per heavy atom. The van der Waals surface area contributed by atoms with Gasteiger partial charge in [0.15, 0.2) is 5.96 Å². The Kier molecular flexibility index (Phi) is 12.7. The van der Waals surface area contributed by atoms with Crippen LogP contribution in [-0.4, -0.2) is 100 Å². The molecule has 0 radical (unpaired) electrons. The van der Waals surface area contributed by atoms with Crippen molar-refractivity contribution in [1.82, 2.24) is 15.5 Å². The molecular weight excluding hydrogens is 466 g/mol. The third kappa shape index (κ3) is 9.35. The molecule has 0 aromatic heterocycles. The number of aliphatic imine (C=N–C) groups is 1. The molecule has 0 spiro atoms. The molecule has 0 saturated carbocycles. The fourth-order valence-electron chi connectivity index (χ4n) is 3.54. The van der Waals surface area contributed by atoms with Crippen molar-refractivity contribution >= 4 is 41.4 Å². The average Bonchev–Trinajstić information content (AvgIpc) is 3.27. The first-order valence-electron chi connectivity index (χ1n) is 11.1. The van der Waals surface area contributed by atoms with E-state index in [2.05, 4.69) is 15.6 Å². The first kappa shape index (κ1) is 29.5. The number of carboxylic acids is 1. The van der Waals surface area contributed by atoms with E-state index in [9.17, 15) is 29.4 Å². The summed E-state index contributed by atoms with van der Waals surface area (Å²) in [4.78, 5) is 55.0. The van der Waals surface area contributed by atoms with Crippen LogP contribution in [0.1, 0.15) is 39.0 Å². The van der Waals surface area contributed by atoms with Crippen molar-refractivity contribution in [2.24, 2.45) is 22.2 Å². The minimum atomic E-state index is -1.38. The van der Waals surface area contributed by atoms with Crippen molar-refractivity contribution in [3.8, 4) is 0 Å². The number of nitrogens with zero attached hydrogens (tertiary/aromatic N) is 2. The number of aliphatic hydroxyl groups excluding tert-OH is 1. The summed E-state index contributed by atoms with van der Waals surface area (Å²) >= 11 is 1.53. The van der Waals surface area contributed by atoms with Crippen LogP contribution in [0.3, 0.4) is 0 Å². The third-order valence-electron chi connectivity index (χ3n) is 5.42. The molecule has 194 valence electrons. The highest BCUT2D eigenvalue weighted by atomic mass is 32.2. The van der Waals surface area contributed by atoms with E-state index in [0.29, 0.717) is 31.4 Å². The molecule has 3 amide bonds. The van der Waals surface area contributed by atoms with E-state index in [0.717, 1.165) is 4.90 Å². The lowest BCUT2D eigenvalue weighted by Gasteiger charge is -2.30. The number of rotatable bonds is 14. The quantitative estimate of drug-likeness (QED) is 0.0751. The van der Waals surface area contributed by atoms with Gasteiger partial charge in [-0.3, -0.25) is 19.4 Å². The molecular formula is C20H37N7O6S. The highest BCUT2D eigenvalue weighted by Crippen LogP contribution is 2.19. The van der Waals surface area contributed by atoms with Crippen molar-refractivity contribution in [3.05, 3.63) is 0 Å². The standard InChI is InChI=1S/C20H37N7O6S/c1-11(28)15(18(31)27-9-4-6-14(27)19(32)33)26-17(30)13(5-3-8-24-20(22)23)25-16(29)12(21)7-10-34-2/h11-15,28H,3-10,21H2,1-2H3,(H,25,29)(H,26,30)(H,32,33)(H4,22,23,24). The molecule has 10 N–H and O–H groups in total. The van der Waals surface area contributed by atoms with Gasteiger partial charge >= 0.3 is 5.97 Å². The van der Waals surface area contributed by atoms with Crippen LogP contribution in [0.15, 0.2) is 4.99 Å². The number of carbonyl (C=O) groups is 4. The monoisotopic (exact) mass is 503 g/mol. The summed E-state index contributed by atoms with van der Waals surface area (Å²) in [5, 5.41) is 24.6. The lowest BCUT2D eigenvalue weighted by atomic mass is 10.1. The van der Waals surface area contributed by atoms with E-state index in [4.69, 9.17) is 17.2 Å². The summed E-state index contributed by atoms with van der Waals surface area (Å²) in [6.45, 7) is 1.74. The van der Waals surface area contributed by atoms with Crippen LogP contribution in [0.4, 0.5) is 0 Å². The van der Waals surface area contributed by atoms with E-state index < -0.39 is 54.0 Å². The number of nitrogens with one attached hydrogen (secondary N) is 2. The first-order valence-corrected chi connectivity index (χ1v) is 12.5. The van der Waals surface area contributed by atoms with Crippen LogP contribution < -0.4 is 27.8 Å². The molecule has 1 rings (SSSR count). The summed E-state index contributed by atoms with van der Waals surface area (Å²) in [7, 11) is 0. The number of carbonyl (C=O) groups excluding carboxylic acids is 3. The maximum absolute atomic E-state index is 13.0. The number of likely N-dealkylation sites (tertiary alicyclic amines) is 1. The summed E-state index contributed by atoms with van der Waals surface area (Å²) in [5.41, 5.74) is 16.5. The summed E-state index contributed by atoms with van der Waals surface area (Å²) < 4.78 is 0. The van der Waals surface area contributed by atoms with Crippen LogP contribution in [0.25, 0.3) is 0 Å². The van der Waals surface area contributed by atoms with E-state index in [1.807, 2.05) is 6.26 Å². The Morgan fingerprint density at radius 3 is 2.41 bits per heavy atom. The Hall–Kier alpha value is -2.58. The van der Waals surface area contributed by atoms with Crippen LogP contribution in [-0.2, 0) is 19.2 Å². The summed E-state index contributed by atoms with van der Waals surface area (Å²) in [5.74, 6) is -2.53. The molecule has 0 aromatic rings. The Morgan fingerprint density at radius 1 is 1.18 bits per heavy atom. The van der Waals surface area contributed by atoms with Gasteiger partial charge in [-0.15, -0.1) is 0 Å². The molecule has 5 unspecified atom stereocenters. The molecule has 5 atom stereocenters. The second kappa shape index (κ2) is 14.6. The van der Waals surface area contributed by atoms with Crippen molar-refractivity contribution in [1.29, 1.82) is 0 Å². The lowest BCUT2D eigenvalue weighted by Crippen LogP contribution is -2.59. The maximum Gasteiger partial charge on any atom is 0.326 e. The SMILES string of the molecule is CSCCC(N)C(=O)NC(CCCN=C(N)N)C(=O)NC(C(=O)N1CCCC1C(=O)O)C(C)O. The third-order valence-corrected chi connectivity index (χ3v) is 6.06. The zero-order chi connectivity index (χ0) is 25.8. The number of nitrogens with two attached hydrogens (primary N) is 3. The zero-order valence-corrected chi connectivity index (χ0v) is 20.4. The second-order valence-electron chi connectivity index (χ2n) is 8.15. The van der Waals surface area contributed by atoms with Gasteiger partial charge in [-0.2, -0.15) is 11.8 Å². The molecule has 0 aliphatic carbocycles. The van der Waals surface area contributed by atoms with Gasteiger partial charge in [-0.25, -0.2) is 4.79 Å². The Labute approximate surface area is 203 Å². The molecule has 34 heavy (non-hydrogen) atoms. The molecule has 1 aliphatic heterocycles. The molecule has 0 aromatic carbocycles. The topological polar surface area (TPSA) is 226 Å². The normalized spacial score (nSPS) is 18.9.